The van der Waals surface area contributed by atoms with E-state index >= 15 is 0 Å². The van der Waals surface area contributed by atoms with Crippen molar-refractivity contribution in [2.75, 3.05) is 18.8 Å². The van der Waals surface area contributed by atoms with E-state index in [-0.39, 0.29) is 12.1 Å². The van der Waals surface area contributed by atoms with Gasteiger partial charge in [-0.25, -0.2) is 14.8 Å². The van der Waals surface area contributed by atoms with Gasteiger partial charge in [-0.05, 0) is 51.8 Å². The Balaban J connectivity index is 1.30. The summed E-state index contributed by atoms with van der Waals surface area (Å²) in [6.07, 6.45) is 12.3. The number of nitrogens with one attached hydrogen (secondary N) is 1. The first-order valence-electron chi connectivity index (χ1n) is 12.0. The Hall–Kier alpha value is -4.21. The lowest BCUT2D eigenvalue weighted by molar-refractivity contribution is 0.0185. The smallest absolute Gasteiger partial charge is 0.410 e. The van der Waals surface area contributed by atoms with Crippen LogP contribution in [0.5, 0.6) is 0 Å². The molecule has 0 atom stereocenters. The van der Waals surface area contributed by atoms with E-state index in [1.54, 1.807) is 29.7 Å². The number of nitrogens with two attached hydrogens (primary N) is 1. The van der Waals surface area contributed by atoms with Crippen LogP contribution in [-0.4, -0.2) is 59.4 Å². The fraction of sp³-hybridized carbons (Fsp3) is 0.346. The second kappa shape index (κ2) is 9.44. The van der Waals surface area contributed by atoms with Gasteiger partial charge in [0.1, 0.15) is 17.2 Å². The second-order valence-electron chi connectivity index (χ2n) is 9.95. The first-order chi connectivity index (χ1) is 17.3. The largest absolute Gasteiger partial charge is 0.444 e. The SMILES string of the molecule is CC(C)(C)OC(=O)N1CCC(n2cc(-c3cnc(N)c(-c4ncc(-c5cccnc5)[nH]4)c3)cn2)CC1. The highest BCUT2D eigenvalue weighted by Crippen LogP contribution is 2.31. The molecular formula is C26H30N8O2. The van der Waals surface area contributed by atoms with Crippen molar-refractivity contribution in [3.63, 3.8) is 0 Å². The molecule has 36 heavy (non-hydrogen) atoms. The number of anilines is 1. The van der Waals surface area contributed by atoms with Gasteiger partial charge in [0, 0.05) is 54.6 Å². The van der Waals surface area contributed by atoms with E-state index in [0.29, 0.717) is 24.7 Å². The molecule has 0 spiro atoms. The molecule has 4 aromatic heterocycles. The lowest BCUT2D eigenvalue weighted by Gasteiger charge is -2.33. The van der Waals surface area contributed by atoms with Crippen molar-refractivity contribution >= 4 is 11.9 Å². The Bertz CT molecular complexity index is 1350. The van der Waals surface area contributed by atoms with Gasteiger partial charge in [-0.15, -0.1) is 0 Å². The van der Waals surface area contributed by atoms with Gasteiger partial charge in [0.15, 0.2) is 0 Å². The zero-order valence-corrected chi connectivity index (χ0v) is 20.7. The van der Waals surface area contributed by atoms with E-state index in [1.807, 2.05) is 56.0 Å². The number of hydrogen-bond acceptors (Lipinski definition) is 7. The number of carbonyl (C=O) groups is 1. The molecule has 1 saturated heterocycles. The highest BCUT2D eigenvalue weighted by atomic mass is 16.6. The van der Waals surface area contributed by atoms with Crippen LogP contribution < -0.4 is 5.73 Å². The van der Waals surface area contributed by atoms with E-state index in [2.05, 4.69) is 25.0 Å². The van der Waals surface area contributed by atoms with E-state index in [9.17, 15) is 4.79 Å². The molecule has 3 N–H and O–H groups in total. The molecule has 1 aliphatic heterocycles. The highest BCUT2D eigenvalue weighted by molar-refractivity contribution is 5.76. The van der Waals surface area contributed by atoms with Crippen LogP contribution in [0.3, 0.4) is 0 Å². The fourth-order valence-corrected chi connectivity index (χ4v) is 4.28. The van der Waals surface area contributed by atoms with Gasteiger partial charge >= 0.3 is 6.09 Å². The number of H-pyrrole nitrogens is 1. The lowest BCUT2D eigenvalue weighted by atomic mass is 10.1. The van der Waals surface area contributed by atoms with E-state index in [4.69, 9.17) is 10.5 Å². The molecule has 186 valence electrons. The summed E-state index contributed by atoms with van der Waals surface area (Å²) < 4.78 is 7.48. The number of nitrogen functional groups attached to an aromatic ring is 1. The number of pyridine rings is 2. The minimum Gasteiger partial charge on any atom is -0.444 e. The average molecular weight is 487 g/mol. The van der Waals surface area contributed by atoms with Crippen LogP contribution in [0, 0.1) is 0 Å². The first kappa shape index (κ1) is 23.5. The Morgan fingerprint density at radius 1 is 1.08 bits per heavy atom. The average Bonchev–Trinajstić information content (AvgIpc) is 3.55. The molecule has 0 radical (unpaired) electrons. The number of carbonyl (C=O) groups excluding carboxylic acids is 1. The zero-order valence-electron chi connectivity index (χ0n) is 20.7. The molecule has 1 amide bonds. The molecule has 4 aromatic rings. The molecule has 1 aliphatic rings. The first-order valence-corrected chi connectivity index (χ1v) is 12.0. The van der Waals surface area contributed by atoms with Crippen molar-refractivity contribution in [1.29, 1.82) is 0 Å². The zero-order chi connectivity index (χ0) is 25.3. The molecule has 5 rings (SSSR count). The van der Waals surface area contributed by atoms with Crippen molar-refractivity contribution in [1.82, 2.24) is 34.6 Å². The molecule has 10 nitrogen and oxygen atoms in total. The van der Waals surface area contributed by atoms with Crippen molar-refractivity contribution < 1.29 is 9.53 Å². The molecule has 0 unspecified atom stereocenters. The molecule has 0 aromatic carbocycles. The van der Waals surface area contributed by atoms with E-state index in [1.165, 1.54) is 0 Å². The Kier molecular flexibility index (Phi) is 6.17. The summed E-state index contributed by atoms with van der Waals surface area (Å²) in [4.78, 5) is 30.5. The summed E-state index contributed by atoms with van der Waals surface area (Å²) in [7, 11) is 0. The van der Waals surface area contributed by atoms with Crippen LogP contribution in [0.1, 0.15) is 39.7 Å². The van der Waals surface area contributed by atoms with Crippen LogP contribution in [0.4, 0.5) is 10.6 Å². The number of hydrogen-bond donors (Lipinski definition) is 2. The van der Waals surface area contributed by atoms with Gasteiger partial charge < -0.3 is 20.4 Å². The summed E-state index contributed by atoms with van der Waals surface area (Å²) in [6.45, 7) is 6.92. The summed E-state index contributed by atoms with van der Waals surface area (Å²) in [5.41, 5.74) is 10.1. The van der Waals surface area contributed by atoms with Gasteiger partial charge in [0.05, 0.1) is 29.7 Å². The molecule has 0 saturated carbocycles. The second-order valence-corrected chi connectivity index (χ2v) is 9.95. The van der Waals surface area contributed by atoms with Crippen molar-refractivity contribution in [2.45, 2.75) is 45.3 Å². The molecule has 10 heteroatoms. The minimum atomic E-state index is -0.493. The number of nitrogens with zero attached hydrogens (tertiary/aromatic N) is 6. The van der Waals surface area contributed by atoms with Gasteiger partial charge in [-0.2, -0.15) is 5.10 Å². The summed E-state index contributed by atoms with van der Waals surface area (Å²) >= 11 is 0. The molecule has 0 aliphatic carbocycles. The number of imidazole rings is 1. The number of aromatic amines is 1. The summed E-state index contributed by atoms with van der Waals surface area (Å²) in [5.74, 6) is 1.04. The molecular weight excluding hydrogens is 456 g/mol. The molecule has 1 fully saturated rings. The van der Waals surface area contributed by atoms with Gasteiger partial charge in [0.25, 0.3) is 0 Å². The fourth-order valence-electron chi connectivity index (χ4n) is 4.28. The van der Waals surface area contributed by atoms with Gasteiger partial charge in [-0.3, -0.25) is 9.67 Å². The molecule has 5 heterocycles. The summed E-state index contributed by atoms with van der Waals surface area (Å²) in [6, 6.07) is 6.03. The van der Waals surface area contributed by atoms with Crippen LogP contribution in [0.2, 0.25) is 0 Å². The minimum absolute atomic E-state index is 0.214. The molecule has 0 bridgehead atoms. The standard InChI is InChI=1S/C26H30N8O2/c1-26(2,3)36-25(35)33-9-6-20(7-10-33)34-16-19(14-31-34)18-11-21(23(27)29-13-18)24-30-15-22(32-24)17-5-4-8-28-12-17/h4-5,8,11-16,20H,6-7,9-10H2,1-3H3,(H2,27,29)(H,30,32). The predicted octanol–water partition coefficient (Wildman–Crippen LogP) is 4.55. The number of aromatic nitrogens is 6. The predicted molar refractivity (Wildman–Crippen MR) is 137 cm³/mol. The van der Waals surface area contributed by atoms with E-state index < -0.39 is 5.60 Å². The van der Waals surface area contributed by atoms with Crippen molar-refractivity contribution in [3.05, 3.63) is 55.4 Å². The number of likely N-dealkylation sites (tertiary alicyclic amines) is 1. The quantitative estimate of drug-likeness (QED) is 0.433. The monoisotopic (exact) mass is 486 g/mol. The van der Waals surface area contributed by atoms with Gasteiger partial charge in [0.2, 0.25) is 0 Å². The topological polar surface area (TPSA) is 128 Å². The number of rotatable bonds is 4. The number of amides is 1. The third-order valence-electron chi connectivity index (χ3n) is 6.15. The third kappa shape index (κ3) is 5.07. The van der Waals surface area contributed by atoms with Crippen LogP contribution in [0.25, 0.3) is 33.8 Å². The number of ether oxygens (including phenoxy) is 1. The van der Waals surface area contributed by atoms with Crippen molar-refractivity contribution in [3.8, 4) is 33.8 Å². The van der Waals surface area contributed by atoms with Crippen molar-refractivity contribution in [2.24, 2.45) is 0 Å². The Labute approximate surface area is 209 Å². The maximum atomic E-state index is 12.4. The summed E-state index contributed by atoms with van der Waals surface area (Å²) in [5, 5.41) is 4.61. The van der Waals surface area contributed by atoms with E-state index in [0.717, 1.165) is 40.8 Å². The number of piperidine rings is 1. The maximum absolute atomic E-state index is 12.4. The van der Waals surface area contributed by atoms with Crippen LogP contribution in [0.15, 0.2) is 55.4 Å². The Morgan fingerprint density at radius 3 is 2.61 bits per heavy atom. The normalized spacial score (nSPS) is 14.7. The highest BCUT2D eigenvalue weighted by Gasteiger charge is 2.28. The third-order valence-corrected chi connectivity index (χ3v) is 6.15. The Morgan fingerprint density at radius 2 is 1.89 bits per heavy atom. The lowest BCUT2D eigenvalue weighted by Crippen LogP contribution is -2.42. The van der Waals surface area contributed by atoms with Crippen LogP contribution in [-0.2, 0) is 4.74 Å². The van der Waals surface area contributed by atoms with Crippen LogP contribution >= 0.6 is 0 Å². The van der Waals surface area contributed by atoms with Gasteiger partial charge in [-0.1, -0.05) is 0 Å². The maximum Gasteiger partial charge on any atom is 0.410 e.